The van der Waals surface area contributed by atoms with Crippen molar-refractivity contribution in [1.82, 2.24) is 20.2 Å². The summed E-state index contributed by atoms with van der Waals surface area (Å²) in [6.07, 6.45) is 1.25. The predicted molar refractivity (Wildman–Crippen MR) is 107 cm³/mol. The zero-order chi connectivity index (χ0) is 19.9. The van der Waals surface area contributed by atoms with E-state index >= 15 is 0 Å². The fourth-order valence-corrected chi connectivity index (χ4v) is 3.12. The molecule has 3 rings (SSSR count). The first-order valence-electron chi connectivity index (χ1n) is 9.03. The smallest absolute Gasteiger partial charge is 0.178 e. The molecule has 1 heterocycles. The van der Waals surface area contributed by atoms with Crippen LogP contribution in [-0.4, -0.2) is 46.1 Å². The monoisotopic (exact) mass is 380 g/mol. The van der Waals surface area contributed by atoms with Crippen molar-refractivity contribution in [1.29, 1.82) is 0 Å². The van der Waals surface area contributed by atoms with Crippen LogP contribution in [0.4, 0.5) is 0 Å². The minimum Gasteiger partial charge on any atom is -0.497 e. The fraction of sp³-hybridized carbons (Fsp3) is 0.286. The van der Waals surface area contributed by atoms with E-state index in [2.05, 4.69) is 15.5 Å². The Morgan fingerprint density at radius 3 is 1.86 bits per heavy atom. The number of aliphatic hydroxyl groups is 1. The minimum absolute atomic E-state index is 0.0906. The van der Waals surface area contributed by atoms with Gasteiger partial charge in [0.25, 0.3) is 0 Å². The number of hydrogen-bond donors (Lipinski definition) is 1. The lowest BCUT2D eigenvalue weighted by Gasteiger charge is -2.16. The molecule has 28 heavy (non-hydrogen) atoms. The van der Waals surface area contributed by atoms with Crippen LogP contribution in [-0.2, 0) is 7.05 Å². The Kier molecular flexibility index (Phi) is 6.39. The second-order valence-corrected chi connectivity index (χ2v) is 6.26. The Morgan fingerprint density at radius 2 is 1.46 bits per heavy atom. The second-order valence-electron chi connectivity index (χ2n) is 6.26. The number of aromatic nitrogens is 4. The molecule has 0 saturated carbocycles. The Morgan fingerprint density at radius 1 is 0.929 bits per heavy atom. The molecule has 7 heteroatoms. The Labute approximate surface area is 164 Å². The standard InChI is InChI=1S/C21H24N4O3/c1-25-21(22-23-24-25)19(5-4-14-26)20(15-6-10-17(27-2)11-7-15)16-8-12-18(28-3)13-9-16/h6-13,26H,4-5,14H2,1-3H3. The molecule has 0 aliphatic carbocycles. The van der Waals surface area contributed by atoms with E-state index in [0.717, 1.165) is 33.8 Å². The van der Waals surface area contributed by atoms with Gasteiger partial charge in [0.05, 0.1) is 14.2 Å². The van der Waals surface area contributed by atoms with Gasteiger partial charge < -0.3 is 14.6 Å². The van der Waals surface area contributed by atoms with Gasteiger partial charge in [-0.3, -0.25) is 0 Å². The summed E-state index contributed by atoms with van der Waals surface area (Å²) in [6, 6.07) is 15.8. The highest BCUT2D eigenvalue weighted by molar-refractivity contribution is 5.97. The van der Waals surface area contributed by atoms with Gasteiger partial charge in [0.15, 0.2) is 5.82 Å². The van der Waals surface area contributed by atoms with E-state index < -0.39 is 0 Å². The average Bonchev–Trinajstić information content (AvgIpc) is 3.17. The Hall–Kier alpha value is -3.19. The van der Waals surface area contributed by atoms with Crippen LogP contribution in [0.3, 0.4) is 0 Å². The highest BCUT2D eigenvalue weighted by Gasteiger charge is 2.18. The van der Waals surface area contributed by atoms with Crippen molar-refractivity contribution < 1.29 is 14.6 Å². The Bertz CT molecular complexity index is 882. The van der Waals surface area contributed by atoms with Crippen molar-refractivity contribution in [3.63, 3.8) is 0 Å². The molecular weight excluding hydrogens is 356 g/mol. The number of tetrazole rings is 1. The van der Waals surface area contributed by atoms with E-state index in [0.29, 0.717) is 18.7 Å². The third kappa shape index (κ3) is 4.20. The molecule has 0 radical (unpaired) electrons. The molecule has 0 aliphatic heterocycles. The lowest BCUT2D eigenvalue weighted by Crippen LogP contribution is -2.04. The summed E-state index contributed by atoms with van der Waals surface area (Å²) < 4.78 is 12.3. The highest BCUT2D eigenvalue weighted by Crippen LogP contribution is 2.35. The van der Waals surface area contributed by atoms with E-state index in [4.69, 9.17) is 9.47 Å². The topological polar surface area (TPSA) is 82.3 Å². The van der Waals surface area contributed by atoms with Crippen LogP contribution in [0.25, 0.3) is 11.1 Å². The molecule has 0 unspecified atom stereocenters. The Balaban J connectivity index is 2.23. The number of ether oxygens (including phenoxy) is 2. The van der Waals surface area contributed by atoms with Crippen molar-refractivity contribution in [2.45, 2.75) is 12.8 Å². The summed E-state index contributed by atoms with van der Waals surface area (Å²) >= 11 is 0. The van der Waals surface area contributed by atoms with E-state index in [-0.39, 0.29) is 6.61 Å². The number of allylic oxidation sites excluding steroid dienone is 1. The van der Waals surface area contributed by atoms with Crippen LogP contribution >= 0.6 is 0 Å². The molecule has 146 valence electrons. The second kappa shape index (κ2) is 9.14. The summed E-state index contributed by atoms with van der Waals surface area (Å²) in [5.41, 5.74) is 4.01. The van der Waals surface area contributed by atoms with Gasteiger partial charge in [-0.25, -0.2) is 4.68 Å². The van der Waals surface area contributed by atoms with E-state index in [1.807, 2.05) is 55.6 Å². The van der Waals surface area contributed by atoms with Gasteiger partial charge in [0.1, 0.15) is 11.5 Å². The summed E-state index contributed by atoms with van der Waals surface area (Å²) in [7, 11) is 5.11. The number of benzene rings is 2. The maximum Gasteiger partial charge on any atom is 0.178 e. The first kappa shape index (κ1) is 19.6. The van der Waals surface area contributed by atoms with Crippen molar-refractivity contribution in [2.24, 2.45) is 7.05 Å². The summed E-state index contributed by atoms with van der Waals surface area (Å²) in [6.45, 7) is 0.0906. The fourth-order valence-electron chi connectivity index (χ4n) is 3.12. The van der Waals surface area contributed by atoms with Gasteiger partial charge in [0, 0.05) is 19.2 Å². The molecular formula is C21H24N4O3. The number of rotatable bonds is 8. The third-order valence-electron chi connectivity index (χ3n) is 4.53. The van der Waals surface area contributed by atoms with E-state index in [1.165, 1.54) is 0 Å². The molecule has 0 fully saturated rings. The van der Waals surface area contributed by atoms with E-state index in [9.17, 15) is 5.11 Å². The van der Waals surface area contributed by atoms with Gasteiger partial charge in [-0.2, -0.15) is 0 Å². The lowest BCUT2D eigenvalue weighted by molar-refractivity contribution is 0.290. The normalized spacial score (nSPS) is 10.6. The van der Waals surface area contributed by atoms with Crippen molar-refractivity contribution in [2.75, 3.05) is 20.8 Å². The van der Waals surface area contributed by atoms with Crippen LogP contribution in [0.15, 0.2) is 48.5 Å². The molecule has 1 aromatic heterocycles. The molecule has 3 aromatic rings. The molecule has 2 aromatic carbocycles. The summed E-state index contributed by atoms with van der Waals surface area (Å²) in [5, 5.41) is 21.4. The molecule has 0 saturated heterocycles. The van der Waals surface area contributed by atoms with Gasteiger partial charge >= 0.3 is 0 Å². The van der Waals surface area contributed by atoms with Crippen LogP contribution < -0.4 is 9.47 Å². The van der Waals surface area contributed by atoms with Gasteiger partial charge in [0.2, 0.25) is 0 Å². The van der Waals surface area contributed by atoms with Gasteiger partial charge in [-0.15, -0.1) is 5.10 Å². The predicted octanol–water partition coefficient (Wildman–Crippen LogP) is 2.96. The number of hydrogen-bond acceptors (Lipinski definition) is 6. The number of aryl methyl sites for hydroxylation is 1. The quantitative estimate of drug-likeness (QED) is 0.647. The zero-order valence-electron chi connectivity index (χ0n) is 16.3. The zero-order valence-corrected chi connectivity index (χ0v) is 16.3. The summed E-state index contributed by atoms with van der Waals surface area (Å²) in [4.78, 5) is 0. The summed E-state index contributed by atoms with van der Waals surface area (Å²) in [5.74, 6) is 2.25. The molecule has 0 bridgehead atoms. The molecule has 0 aliphatic rings. The van der Waals surface area contributed by atoms with Crippen LogP contribution in [0, 0.1) is 0 Å². The number of methoxy groups -OCH3 is 2. The van der Waals surface area contributed by atoms with Gasteiger partial charge in [-0.1, -0.05) is 24.3 Å². The highest BCUT2D eigenvalue weighted by atomic mass is 16.5. The van der Waals surface area contributed by atoms with Gasteiger partial charge in [-0.05, 0) is 64.2 Å². The van der Waals surface area contributed by atoms with E-state index in [1.54, 1.807) is 18.9 Å². The number of aliphatic hydroxyl groups excluding tert-OH is 1. The molecule has 7 nitrogen and oxygen atoms in total. The maximum absolute atomic E-state index is 9.43. The van der Waals surface area contributed by atoms with Crippen LogP contribution in [0.2, 0.25) is 0 Å². The third-order valence-corrected chi connectivity index (χ3v) is 4.53. The first-order valence-corrected chi connectivity index (χ1v) is 9.03. The van der Waals surface area contributed by atoms with Crippen LogP contribution in [0.5, 0.6) is 11.5 Å². The lowest BCUT2D eigenvalue weighted by atomic mass is 9.90. The molecule has 0 atom stereocenters. The molecule has 1 N–H and O–H groups in total. The van der Waals surface area contributed by atoms with Crippen molar-refractivity contribution in [3.8, 4) is 11.5 Å². The molecule has 0 amide bonds. The van der Waals surface area contributed by atoms with Crippen LogP contribution in [0.1, 0.15) is 29.8 Å². The molecule has 0 spiro atoms. The minimum atomic E-state index is 0.0906. The number of nitrogens with zero attached hydrogens (tertiary/aromatic N) is 4. The average molecular weight is 380 g/mol. The maximum atomic E-state index is 9.43. The van der Waals surface area contributed by atoms with Crippen molar-refractivity contribution in [3.05, 3.63) is 65.5 Å². The van der Waals surface area contributed by atoms with Crippen molar-refractivity contribution >= 4 is 11.1 Å². The first-order chi connectivity index (χ1) is 13.7. The largest absolute Gasteiger partial charge is 0.497 e. The SMILES string of the molecule is COc1ccc(C(=C(CCCO)c2nnnn2C)c2ccc(OC)cc2)cc1.